The molecule has 50 heavy (non-hydrogen) atoms. The predicted molar refractivity (Wildman–Crippen MR) is 228 cm³/mol. The zero-order valence-corrected chi connectivity index (χ0v) is 35.3. The van der Waals surface area contributed by atoms with E-state index in [0.29, 0.717) is 6.17 Å². The summed E-state index contributed by atoms with van der Waals surface area (Å²) in [7, 11) is 0. The maximum Gasteiger partial charge on any atom is 0.101 e. The zero-order valence-electron chi connectivity index (χ0n) is 35.3. The van der Waals surface area contributed by atoms with Crippen molar-refractivity contribution < 1.29 is 0 Å². The van der Waals surface area contributed by atoms with Crippen molar-refractivity contribution in [2.75, 3.05) is 13.1 Å². The molecule has 298 valence electrons. The van der Waals surface area contributed by atoms with Gasteiger partial charge in [0.1, 0.15) is 6.17 Å². The van der Waals surface area contributed by atoms with E-state index in [4.69, 9.17) is 0 Å². The van der Waals surface area contributed by atoms with Crippen LogP contribution in [-0.4, -0.2) is 29.1 Å². The Morgan fingerprint density at radius 3 is 0.700 bits per heavy atom. The van der Waals surface area contributed by atoms with Crippen molar-refractivity contribution in [3.8, 4) is 0 Å². The van der Waals surface area contributed by atoms with E-state index in [1.807, 2.05) is 0 Å². The monoisotopic (exact) mass is 701 g/mol. The SMILES string of the molecule is CCCCCCCCCCCCCCCCCCN1C=CN(CCCCCCCCCCCCCC)C1CCCCCCCCCCCCC. The second-order valence-electron chi connectivity index (χ2n) is 16.8. The van der Waals surface area contributed by atoms with Gasteiger partial charge >= 0.3 is 0 Å². The van der Waals surface area contributed by atoms with Crippen LogP contribution in [0.2, 0.25) is 0 Å². The minimum Gasteiger partial charge on any atom is -0.356 e. The highest BCUT2D eigenvalue weighted by atomic mass is 15.4. The Morgan fingerprint density at radius 2 is 0.460 bits per heavy atom. The highest BCUT2D eigenvalue weighted by Gasteiger charge is 2.24. The van der Waals surface area contributed by atoms with Crippen molar-refractivity contribution in [2.24, 2.45) is 0 Å². The van der Waals surface area contributed by atoms with Gasteiger partial charge in [0.25, 0.3) is 0 Å². The molecule has 0 saturated heterocycles. The Hall–Kier alpha value is -0.660. The third kappa shape index (κ3) is 30.9. The van der Waals surface area contributed by atoms with E-state index < -0.39 is 0 Å². The van der Waals surface area contributed by atoms with E-state index in [-0.39, 0.29) is 0 Å². The van der Waals surface area contributed by atoms with E-state index in [2.05, 4.69) is 43.0 Å². The van der Waals surface area contributed by atoms with Crippen LogP contribution < -0.4 is 0 Å². The standard InChI is InChI=1S/C48H96N2/c1-4-7-10-13-16-19-22-24-25-26-27-30-33-36-39-42-45-50-47-46-49(44-41-38-35-32-29-23-20-17-14-11-8-5-2)48(50)43-40-37-34-31-28-21-18-15-12-9-6-3/h46-48H,4-45H2,1-3H3. The number of hydrogen-bond acceptors (Lipinski definition) is 2. The third-order valence-electron chi connectivity index (χ3n) is 11.8. The first-order valence-corrected chi connectivity index (χ1v) is 24.0. The Morgan fingerprint density at radius 1 is 0.260 bits per heavy atom. The summed E-state index contributed by atoms with van der Waals surface area (Å²) in [6.45, 7) is 9.49. The average molecular weight is 701 g/mol. The van der Waals surface area contributed by atoms with Crippen LogP contribution in [0.5, 0.6) is 0 Å². The Bertz CT molecular complexity index is 659. The van der Waals surface area contributed by atoms with Gasteiger partial charge < -0.3 is 9.80 Å². The van der Waals surface area contributed by atoms with Crippen molar-refractivity contribution in [3.05, 3.63) is 12.4 Å². The fourth-order valence-electron chi connectivity index (χ4n) is 8.31. The minimum atomic E-state index is 0.637. The minimum absolute atomic E-state index is 0.637. The van der Waals surface area contributed by atoms with Gasteiger partial charge in [-0.15, -0.1) is 0 Å². The number of rotatable bonds is 42. The van der Waals surface area contributed by atoms with E-state index in [1.165, 1.54) is 270 Å². The summed E-state index contributed by atoms with van der Waals surface area (Å²) in [5.41, 5.74) is 0. The molecule has 0 amide bonds. The van der Waals surface area contributed by atoms with Crippen LogP contribution in [0, 0.1) is 0 Å². The molecule has 0 bridgehead atoms. The molecule has 0 aliphatic carbocycles. The summed E-state index contributed by atoms with van der Waals surface area (Å²) in [6.07, 6.45) is 63.4. The van der Waals surface area contributed by atoms with Gasteiger partial charge in [-0.1, -0.05) is 252 Å². The molecule has 1 aliphatic rings. The summed E-state index contributed by atoms with van der Waals surface area (Å²) < 4.78 is 0. The topological polar surface area (TPSA) is 6.48 Å². The molecule has 0 aromatic carbocycles. The van der Waals surface area contributed by atoms with E-state index >= 15 is 0 Å². The maximum absolute atomic E-state index is 2.74. The molecule has 1 heterocycles. The maximum atomic E-state index is 2.74. The van der Waals surface area contributed by atoms with Crippen LogP contribution >= 0.6 is 0 Å². The number of hydrogen-bond donors (Lipinski definition) is 0. The molecule has 2 nitrogen and oxygen atoms in total. The van der Waals surface area contributed by atoms with Crippen LogP contribution in [0.3, 0.4) is 0 Å². The van der Waals surface area contributed by atoms with Crippen molar-refractivity contribution in [1.82, 2.24) is 9.80 Å². The van der Waals surface area contributed by atoms with Gasteiger partial charge in [-0.05, 0) is 25.7 Å². The lowest BCUT2D eigenvalue weighted by atomic mass is 10.0. The molecule has 0 radical (unpaired) electrons. The van der Waals surface area contributed by atoms with Crippen LogP contribution in [-0.2, 0) is 0 Å². The molecular weight excluding hydrogens is 605 g/mol. The molecule has 0 aromatic heterocycles. The Kier molecular flexibility index (Phi) is 37.5. The highest BCUT2D eigenvalue weighted by Crippen LogP contribution is 2.24. The first-order chi connectivity index (χ1) is 24.8. The Balaban J connectivity index is 2.19. The Labute approximate surface area is 318 Å². The molecule has 0 spiro atoms. The molecular formula is C48H96N2. The first-order valence-electron chi connectivity index (χ1n) is 24.0. The smallest absolute Gasteiger partial charge is 0.101 e. The number of nitrogens with zero attached hydrogens (tertiary/aromatic N) is 2. The molecule has 1 atom stereocenters. The van der Waals surface area contributed by atoms with Crippen molar-refractivity contribution in [3.63, 3.8) is 0 Å². The van der Waals surface area contributed by atoms with Crippen LogP contribution in [0.25, 0.3) is 0 Å². The molecule has 1 rings (SSSR count). The van der Waals surface area contributed by atoms with Crippen molar-refractivity contribution >= 4 is 0 Å². The molecule has 2 heteroatoms. The number of unbranched alkanes of at least 4 members (excludes halogenated alkanes) is 36. The fourth-order valence-corrected chi connectivity index (χ4v) is 8.31. The van der Waals surface area contributed by atoms with Gasteiger partial charge in [0.2, 0.25) is 0 Å². The third-order valence-corrected chi connectivity index (χ3v) is 11.8. The summed E-state index contributed by atoms with van der Waals surface area (Å²) in [6, 6.07) is 0. The quantitative estimate of drug-likeness (QED) is 0.0585. The second kappa shape index (κ2) is 39.5. The van der Waals surface area contributed by atoms with Gasteiger partial charge in [-0.2, -0.15) is 0 Å². The molecule has 0 aromatic rings. The zero-order chi connectivity index (χ0) is 35.8. The van der Waals surface area contributed by atoms with Crippen molar-refractivity contribution in [2.45, 2.75) is 284 Å². The average Bonchev–Trinajstić information content (AvgIpc) is 3.51. The van der Waals surface area contributed by atoms with Gasteiger partial charge in [0.05, 0.1) is 0 Å². The first kappa shape index (κ1) is 47.4. The van der Waals surface area contributed by atoms with Gasteiger partial charge in [-0.3, -0.25) is 0 Å². The highest BCUT2D eigenvalue weighted by molar-refractivity contribution is 4.97. The van der Waals surface area contributed by atoms with Gasteiger partial charge in [0, 0.05) is 25.5 Å². The van der Waals surface area contributed by atoms with E-state index in [1.54, 1.807) is 0 Å². The molecule has 1 unspecified atom stereocenters. The molecule has 0 fully saturated rings. The van der Waals surface area contributed by atoms with Crippen LogP contribution in [0.1, 0.15) is 278 Å². The lowest BCUT2D eigenvalue weighted by molar-refractivity contribution is 0.135. The largest absolute Gasteiger partial charge is 0.356 e. The predicted octanol–water partition coefficient (Wildman–Crippen LogP) is 17.1. The molecule has 0 saturated carbocycles. The lowest BCUT2D eigenvalue weighted by Crippen LogP contribution is -2.39. The normalized spacial score (nSPS) is 14.5. The van der Waals surface area contributed by atoms with E-state index in [9.17, 15) is 0 Å². The van der Waals surface area contributed by atoms with Gasteiger partial charge in [-0.25, -0.2) is 0 Å². The molecule has 1 aliphatic heterocycles. The summed E-state index contributed by atoms with van der Waals surface area (Å²) in [5, 5.41) is 0. The van der Waals surface area contributed by atoms with Crippen LogP contribution in [0.15, 0.2) is 12.4 Å². The lowest BCUT2D eigenvalue weighted by Gasteiger charge is -2.33. The van der Waals surface area contributed by atoms with Crippen molar-refractivity contribution in [1.29, 1.82) is 0 Å². The molecule has 0 N–H and O–H groups in total. The van der Waals surface area contributed by atoms with Crippen LogP contribution in [0.4, 0.5) is 0 Å². The fraction of sp³-hybridized carbons (Fsp3) is 0.958. The van der Waals surface area contributed by atoms with E-state index in [0.717, 1.165) is 0 Å². The summed E-state index contributed by atoms with van der Waals surface area (Å²) in [5.74, 6) is 0. The second-order valence-corrected chi connectivity index (χ2v) is 16.8. The van der Waals surface area contributed by atoms with Gasteiger partial charge in [0.15, 0.2) is 0 Å². The summed E-state index contributed by atoms with van der Waals surface area (Å²) in [4.78, 5) is 5.47. The summed E-state index contributed by atoms with van der Waals surface area (Å²) >= 11 is 0.